The van der Waals surface area contributed by atoms with Gasteiger partial charge in [-0.3, -0.25) is 5.32 Å². The fraction of sp³-hybridized carbons (Fsp3) is 0.500. The van der Waals surface area contributed by atoms with Crippen molar-refractivity contribution in [2.24, 2.45) is 0 Å². The van der Waals surface area contributed by atoms with Gasteiger partial charge in [0.1, 0.15) is 11.7 Å². The Labute approximate surface area is 126 Å². The number of hydrogen-bond acceptors (Lipinski definition) is 5. The van der Waals surface area contributed by atoms with Crippen molar-refractivity contribution in [3.05, 3.63) is 17.7 Å². The summed E-state index contributed by atoms with van der Waals surface area (Å²) >= 11 is 0. The number of alkyl halides is 2. The van der Waals surface area contributed by atoms with Crippen molar-refractivity contribution >= 4 is 11.8 Å². The molecule has 0 heterocycles. The molecule has 0 bridgehead atoms. The van der Waals surface area contributed by atoms with E-state index in [-0.39, 0.29) is 17.0 Å². The van der Waals surface area contributed by atoms with Gasteiger partial charge in [-0.05, 0) is 38.5 Å². The van der Waals surface area contributed by atoms with Crippen LogP contribution in [-0.2, 0) is 4.74 Å². The maximum absolute atomic E-state index is 12.6. The molecule has 0 aliphatic carbocycles. The number of halogens is 2. The van der Waals surface area contributed by atoms with E-state index in [1.807, 2.05) is 0 Å². The van der Waals surface area contributed by atoms with E-state index in [1.165, 1.54) is 7.11 Å². The fourth-order valence-electron chi connectivity index (χ4n) is 1.61. The van der Waals surface area contributed by atoms with Crippen LogP contribution in [0.25, 0.3) is 0 Å². The highest BCUT2D eigenvalue weighted by Gasteiger charge is 2.24. The number of carbonyl (C=O) groups is 1. The van der Waals surface area contributed by atoms with Crippen LogP contribution in [0.5, 0.6) is 11.5 Å². The van der Waals surface area contributed by atoms with Crippen molar-refractivity contribution in [2.75, 3.05) is 12.4 Å². The van der Waals surface area contributed by atoms with E-state index in [2.05, 4.69) is 5.32 Å². The maximum Gasteiger partial charge on any atom is 0.412 e. The van der Waals surface area contributed by atoms with Gasteiger partial charge in [0.25, 0.3) is 6.43 Å². The van der Waals surface area contributed by atoms with Crippen molar-refractivity contribution in [1.29, 1.82) is 0 Å². The Morgan fingerprint density at radius 1 is 1.32 bits per heavy atom. The number of ether oxygens (including phenoxy) is 2. The Morgan fingerprint density at radius 2 is 1.91 bits per heavy atom. The zero-order valence-corrected chi connectivity index (χ0v) is 12.7. The number of phenolic OH excluding ortho intramolecular Hbond substituents is 1. The van der Waals surface area contributed by atoms with E-state index >= 15 is 0 Å². The standard InChI is InChI=1S/C14H19F2NO5/c1-14(2,3)22-13(20)17-8-5-7(10(18)12(15)16)6-9(21-4)11(8)19/h5-6,10,12,18-19H,1-4H3,(H,17,20). The molecule has 22 heavy (non-hydrogen) atoms. The predicted molar refractivity (Wildman–Crippen MR) is 75.5 cm³/mol. The first-order valence-corrected chi connectivity index (χ1v) is 6.42. The Bertz CT molecular complexity index is 543. The van der Waals surface area contributed by atoms with Crippen LogP contribution in [0.4, 0.5) is 19.3 Å². The van der Waals surface area contributed by atoms with Crippen LogP contribution in [-0.4, -0.2) is 35.4 Å². The molecular weight excluding hydrogens is 300 g/mol. The highest BCUT2D eigenvalue weighted by atomic mass is 19.3. The van der Waals surface area contributed by atoms with Gasteiger partial charge in [-0.25, -0.2) is 13.6 Å². The number of methoxy groups -OCH3 is 1. The number of nitrogens with one attached hydrogen (secondary N) is 1. The monoisotopic (exact) mass is 319 g/mol. The number of rotatable bonds is 4. The number of aromatic hydroxyl groups is 1. The molecule has 8 heteroatoms. The van der Waals surface area contributed by atoms with Crippen molar-refractivity contribution in [3.63, 3.8) is 0 Å². The fourth-order valence-corrected chi connectivity index (χ4v) is 1.61. The van der Waals surface area contributed by atoms with E-state index < -0.39 is 30.0 Å². The third-order valence-corrected chi connectivity index (χ3v) is 2.53. The van der Waals surface area contributed by atoms with E-state index in [9.17, 15) is 23.8 Å². The SMILES string of the molecule is COc1cc(C(O)C(F)F)cc(NC(=O)OC(C)(C)C)c1O. The van der Waals surface area contributed by atoms with Gasteiger partial charge in [0.15, 0.2) is 11.5 Å². The first-order chi connectivity index (χ1) is 10.0. The molecule has 0 saturated carbocycles. The molecule has 0 fully saturated rings. The van der Waals surface area contributed by atoms with Crippen LogP contribution in [0, 0.1) is 0 Å². The molecule has 0 spiro atoms. The summed E-state index contributed by atoms with van der Waals surface area (Å²) in [4.78, 5) is 11.7. The zero-order chi connectivity index (χ0) is 17.1. The second kappa shape index (κ2) is 6.78. The van der Waals surface area contributed by atoms with Crippen LogP contribution in [0.15, 0.2) is 12.1 Å². The lowest BCUT2D eigenvalue weighted by Gasteiger charge is -2.21. The molecule has 1 rings (SSSR count). The van der Waals surface area contributed by atoms with Gasteiger partial charge in [0.05, 0.1) is 12.8 Å². The van der Waals surface area contributed by atoms with E-state index in [4.69, 9.17) is 9.47 Å². The van der Waals surface area contributed by atoms with Crippen molar-refractivity contribution in [1.82, 2.24) is 0 Å². The summed E-state index contributed by atoms with van der Waals surface area (Å²) < 4.78 is 35.0. The molecule has 1 unspecified atom stereocenters. The minimum absolute atomic E-state index is 0.164. The second-order valence-corrected chi connectivity index (χ2v) is 5.53. The number of hydrogen-bond donors (Lipinski definition) is 3. The molecular formula is C14H19F2NO5. The van der Waals surface area contributed by atoms with Gasteiger partial charge in [-0.2, -0.15) is 0 Å². The average molecular weight is 319 g/mol. The first kappa shape index (κ1) is 18.0. The smallest absolute Gasteiger partial charge is 0.412 e. The topological polar surface area (TPSA) is 88.0 Å². The molecule has 3 N–H and O–H groups in total. The molecule has 124 valence electrons. The Kier molecular flexibility index (Phi) is 5.54. The maximum atomic E-state index is 12.6. The Morgan fingerprint density at radius 3 is 2.36 bits per heavy atom. The summed E-state index contributed by atoms with van der Waals surface area (Å²) in [5.41, 5.74) is -1.19. The molecule has 0 aliphatic heterocycles. The lowest BCUT2D eigenvalue weighted by atomic mass is 10.1. The molecule has 0 radical (unpaired) electrons. The van der Waals surface area contributed by atoms with Crippen molar-refractivity contribution in [3.8, 4) is 11.5 Å². The van der Waals surface area contributed by atoms with Gasteiger partial charge < -0.3 is 19.7 Å². The number of benzene rings is 1. The van der Waals surface area contributed by atoms with Gasteiger partial charge in [0.2, 0.25) is 0 Å². The molecule has 1 aromatic carbocycles. The molecule has 1 aromatic rings. The lowest BCUT2D eigenvalue weighted by molar-refractivity contribution is -0.00586. The van der Waals surface area contributed by atoms with E-state index in [0.29, 0.717) is 0 Å². The van der Waals surface area contributed by atoms with Crippen LogP contribution >= 0.6 is 0 Å². The Balaban J connectivity index is 3.12. The predicted octanol–water partition coefficient (Wildman–Crippen LogP) is 3.05. The Hall–Kier alpha value is -2.09. The van der Waals surface area contributed by atoms with E-state index in [1.54, 1.807) is 20.8 Å². The molecule has 1 amide bonds. The normalized spacial score (nSPS) is 12.9. The summed E-state index contributed by atoms with van der Waals surface area (Å²) in [7, 11) is 1.21. The molecule has 0 aliphatic rings. The quantitative estimate of drug-likeness (QED) is 0.742. The average Bonchev–Trinajstić information content (AvgIpc) is 2.37. The van der Waals surface area contributed by atoms with Gasteiger partial charge >= 0.3 is 6.09 Å². The van der Waals surface area contributed by atoms with Crippen LogP contribution in [0.3, 0.4) is 0 Å². The molecule has 0 saturated heterocycles. The van der Waals surface area contributed by atoms with Crippen LogP contribution < -0.4 is 10.1 Å². The lowest BCUT2D eigenvalue weighted by Crippen LogP contribution is -2.27. The minimum atomic E-state index is -3.02. The van der Waals surface area contributed by atoms with Crippen molar-refractivity contribution < 1.29 is 33.3 Å². The number of anilines is 1. The summed E-state index contributed by atoms with van der Waals surface area (Å²) in [6.07, 6.45) is -5.98. The van der Waals surface area contributed by atoms with Gasteiger partial charge in [0, 0.05) is 0 Å². The summed E-state index contributed by atoms with van der Waals surface area (Å²) in [5, 5.41) is 21.6. The summed E-state index contributed by atoms with van der Waals surface area (Å²) in [5.74, 6) is -0.623. The van der Waals surface area contributed by atoms with E-state index in [0.717, 1.165) is 12.1 Å². The number of aliphatic hydroxyl groups is 1. The van der Waals surface area contributed by atoms with Crippen molar-refractivity contribution in [2.45, 2.75) is 38.9 Å². The number of amides is 1. The number of carbonyl (C=O) groups excluding carboxylic acids is 1. The number of phenols is 1. The molecule has 6 nitrogen and oxygen atoms in total. The molecule has 0 aromatic heterocycles. The third-order valence-electron chi connectivity index (χ3n) is 2.53. The minimum Gasteiger partial charge on any atom is -0.503 e. The van der Waals surface area contributed by atoms with Crippen LogP contribution in [0.1, 0.15) is 32.4 Å². The van der Waals surface area contributed by atoms with Gasteiger partial charge in [-0.1, -0.05) is 0 Å². The van der Waals surface area contributed by atoms with Gasteiger partial charge in [-0.15, -0.1) is 0 Å². The summed E-state index contributed by atoms with van der Waals surface area (Å²) in [6, 6.07) is 2.09. The zero-order valence-electron chi connectivity index (χ0n) is 12.7. The molecule has 1 atom stereocenters. The second-order valence-electron chi connectivity index (χ2n) is 5.53. The number of aliphatic hydroxyl groups excluding tert-OH is 1. The highest BCUT2D eigenvalue weighted by Crippen LogP contribution is 2.38. The summed E-state index contributed by atoms with van der Waals surface area (Å²) in [6.45, 7) is 4.93. The third kappa shape index (κ3) is 4.73. The first-order valence-electron chi connectivity index (χ1n) is 6.42. The highest BCUT2D eigenvalue weighted by molar-refractivity contribution is 5.88. The van der Waals surface area contributed by atoms with Crippen LogP contribution in [0.2, 0.25) is 0 Å². The largest absolute Gasteiger partial charge is 0.503 e.